The van der Waals surface area contributed by atoms with Crippen LogP contribution in [-0.4, -0.2) is 51.8 Å². The summed E-state index contributed by atoms with van der Waals surface area (Å²) >= 11 is 0. The number of benzene rings is 1. The molecule has 7 heteroatoms. The van der Waals surface area contributed by atoms with Crippen molar-refractivity contribution in [3.05, 3.63) is 24.3 Å². The maximum absolute atomic E-state index is 11.8. The Hall–Kier alpha value is -2.44. The highest BCUT2D eigenvalue weighted by Gasteiger charge is 2.20. The third-order valence-corrected chi connectivity index (χ3v) is 3.54. The van der Waals surface area contributed by atoms with Gasteiger partial charge in [-0.15, -0.1) is 0 Å². The summed E-state index contributed by atoms with van der Waals surface area (Å²) in [5.41, 5.74) is -0.382. The fraction of sp³-hybridized carbons (Fsp3) is 0.579. The Labute approximate surface area is 156 Å². The fourth-order valence-electron chi connectivity index (χ4n) is 2.03. The minimum atomic E-state index is -0.382. The minimum Gasteiger partial charge on any atom is -0.497 e. The van der Waals surface area contributed by atoms with Gasteiger partial charge in [0.25, 0.3) is 0 Å². The van der Waals surface area contributed by atoms with Crippen molar-refractivity contribution in [1.29, 1.82) is 0 Å². The van der Waals surface area contributed by atoms with Gasteiger partial charge in [0.05, 0.1) is 13.7 Å². The topological polar surface area (TPSA) is 84.0 Å². The zero-order chi connectivity index (χ0) is 19.6. The Morgan fingerprint density at radius 2 is 1.81 bits per heavy atom. The van der Waals surface area contributed by atoms with Crippen molar-refractivity contribution in [2.24, 2.45) is 10.4 Å². The van der Waals surface area contributed by atoms with Crippen LogP contribution in [0.3, 0.4) is 0 Å². The molecule has 1 unspecified atom stereocenters. The van der Waals surface area contributed by atoms with Gasteiger partial charge in [-0.25, -0.2) is 0 Å². The van der Waals surface area contributed by atoms with Gasteiger partial charge in [0, 0.05) is 31.6 Å². The highest BCUT2D eigenvalue weighted by atomic mass is 16.5. The van der Waals surface area contributed by atoms with E-state index in [9.17, 15) is 4.79 Å². The number of nitrogens with zero attached hydrogens (tertiary/aromatic N) is 1. The lowest BCUT2D eigenvalue weighted by Gasteiger charge is -2.19. The third kappa shape index (κ3) is 8.09. The number of hydrogen-bond acceptors (Lipinski definition) is 4. The summed E-state index contributed by atoms with van der Waals surface area (Å²) in [5.74, 6) is 2.21. The molecule has 0 saturated heterocycles. The summed E-state index contributed by atoms with van der Waals surface area (Å²) in [4.78, 5) is 16.0. The Morgan fingerprint density at radius 1 is 1.15 bits per heavy atom. The lowest BCUT2D eigenvalue weighted by molar-refractivity contribution is -0.128. The van der Waals surface area contributed by atoms with Gasteiger partial charge in [-0.1, -0.05) is 26.8 Å². The number of methoxy groups -OCH3 is 1. The van der Waals surface area contributed by atoms with Crippen LogP contribution in [0.2, 0.25) is 0 Å². The average molecular weight is 364 g/mol. The van der Waals surface area contributed by atoms with Crippen LogP contribution in [0.1, 0.15) is 27.7 Å². The molecule has 3 N–H and O–H groups in total. The molecule has 0 spiro atoms. The van der Waals surface area contributed by atoms with Crippen molar-refractivity contribution in [3.8, 4) is 11.5 Å². The molecule has 1 aromatic carbocycles. The lowest BCUT2D eigenvalue weighted by atomic mass is 9.96. The van der Waals surface area contributed by atoms with Gasteiger partial charge in [-0.3, -0.25) is 9.79 Å². The van der Waals surface area contributed by atoms with Gasteiger partial charge in [-0.05, 0) is 19.1 Å². The first kappa shape index (κ1) is 21.6. The van der Waals surface area contributed by atoms with Crippen molar-refractivity contribution in [3.63, 3.8) is 0 Å². The quantitative estimate of drug-likeness (QED) is 0.372. The molecule has 0 aliphatic heterocycles. The molecule has 1 aromatic rings. The molecule has 0 fully saturated rings. The molecule has 146 valence electrons. The predicted octanol–water partition coefficient (Wildman–Crippen LogP) is 1.79. The smallest absolute Gasteiger partial charge is 0.225 e. The van der Waals surface area contributed by atoms with E-state index in [1.165, 1.54) is 0 Å². The number of aliphatic imine (C=N–C) groups is 1. The Kier molecular flexibility index (Phi) is 8.75. The van der Waals surface area contributed by atoms with Crippen LogP contribution in [0.15, 0.2) is 29.3 Å². The summed E-state index contributed by atoms with van der Waals surface area (Å²) in [7, 11) is 3.33. The van der Waals surface area contributed by atoms with E-state index in [2.05, 4.69) is 20.9 Å². The van der Waals surface area contributed by atoms with E-state index >= 15 is 0 Å². The van der Waals surface area contributed by atoms with Crippen molar-refractivity contribution < 1.29 is 14.3 Å². The number of ether oxygens (including phenoxy) is 2. The number of amides is 1. The zero-order valence-electron chi connectivity index (χ0n) is 16.7. The molecular formula is C19H32N4O3. The first-order valence-corrected chi connectivity index (χ1v) is 8.79. The number of guanidine groups is 1. The second-order valence-corrected chi connectivity index (χ2v) is 6.99. The van der Waals surface area contributed by atoms with Crippen LogP contribution in [-0.2, 0) is 4.79 Å². The average Bonchev–Trinajstić information content (AvgIpc) is 2.60. The second-order valence-electron chi connectivity index (χ2n) is 6.99. The van der Waals surface area contributed by atoms with E-state index in [0.29, 0.717) is 25.6 Å². The molecule has 0 heterocycles. The number of carbonyl (C=O) groups is 1. The number of nitrogens with one attached hydrogen (secondary N) is 3. The van der Waals surface area contributed by atoms with Crippen molar-refractivity contribution in [2.75, 3.05) is 33.8 Å². The van der Waals surface area contributed by atoms with Crippen LogP contribution >= 0.6 is 0 Å². The van der Waals surface area contributed by atoms with Gasteiger partial charge in [0.2, 0.25) is 5.91 Å². The highest BCUT2D eigenvalue weighted by molar-refractivity contribution is 5.81. The summed E-state index contributed by atoms with van der Waals surface area (Å²) in [6, 6.07) is 7.51. The molecule has 7 nitrogen and oxygen atoms in total. The standard InChI is InChI=1S/C19H32N4O3/c1-14(26-16-9-7-8-15(12-16)25-6)13-23-18(20-5)22-11-10-21-17(24)19(2,3)4/h7-9,12,14H,10-11,13H2,1-6H3,(H,21,24)(H2,20,22,23). The first-order valence-electron chi connectivity index (χ1n) is 8.79. The van der Waals surface area contributed by atoms with Crippen LogP contribution in [0.5, 0.6) is 11.5 Å². The lowest BCUT2D eigenvalue weighted by Crippen LogP contribution is -2.45. The zero-order valence-corrected chi connectivity index (χ0v) is 16.7. The number of rotatable bonds is 8. The van der Waals surface area contributed by atoms with E-state index in [4.69, 9.17) is 9.47 Å². The highest BCUT2D eigenvalue weighted by Crippen LogP contribution is 2.19. The summed E-state index contributed by atoms with van der Waals surface area (Å²) < 4.78 is 11.1. The second kappa shape index (κ2) is 10.5. The third-order valence-electron chi connectivity index (χ3n) is 3.54. The fourth-order valence-corrected chi connectivity index (χ4v) is 2.03. The number of hydrogen-bond donors (Lipinski definition) is 3. The van der Waals surface area contributed by atoms with E-state index < -0.39 is 0 Å². The van der Waals surface area contributed by atoms with Gasteiger partial charge in [0.1, 0.15) is 17.6 Å². The Morgan fingerprint density at radius 3 is 2.42 bits per heavy atom. The van der Waals surface area contributed by atoms with Gasteiger partial charge < -0.3 is 25.4 Å². The van der Waals surface area contributed by atoms with Crippen molar-refractivity contribution in [1.82, 2.24) is 16.0 Å². The molecule has 1 amide bonds. The normalized spacial score (nSPS) is 12.9. The van der Waals surface area contributed by atoms with Crippen LogP contribution in [0.25, 0.3) is 0 Å². The monoisotopic (exact) mass is 364 g/mol. The summed E-state index contributed by atoms with van der Waals surface area (Å²) in [6.07, 6.45) is -0.0544. The number of carbonyl (C=O) groups excluding carboxylic acids is 1. The van der Waals surface area contributed by atoms with E-state index in [1.54, 1.807) is 14.2 Å². The molecule has 0 saturated carbocycles. The van der Waals surface area contributed by atoms with Crippen molar-refractivity contribution >= 4 is 11.9 Å². The summed E-state index contributed by atoms with van der Waals surface area (Å²) in [5, 5.41) is 9.26. The maximum atomic E-state index is 11.8. The predicted molar refractivity (Wildman–Crippen MR) is 105 cm³/mol. The van der Waals surface area contributed by atoms with E-state index in [1.807, 2.05) is 52.0 Å². The Bertz CT molecular complexity index is 597. The molecule has 0 aliphatic carbocycles. The van der Waals surface area contributed by atoms with Crippen molar-refractivity contribution in [2.45, 2.75) is 33.8 Å². The molecule has 1 atom stereocenters. The molecule has 0 bridgehead atoms. The molecule has 26 heavy (non-hydrogen) atoms. The van der Waals surface area contributed by atoms with Gasteiger partial charge >= 0.3 is 0 Å². The summed E-state index contributed by atoms with van der Waals surface area (Å²) in [6.45, 7) is 9.35. The molecule has 0 aliphatic rings. The molecule has 0 radical (unpaired) electrons. The van der Waals surface area contributed by atoms with Crippen LogP contribution in [0.4, 0.5) is 0 Å². The largest absolute Gasteiger partial charge is 0.497 e. The van der Waals surface area contributed by atoms with Crippen LogP contribution in [0, 0.1) is 5.41 Å². The Balaban J connectivity index is 2.31. The molecule has 0 aromatic heterocycles. The SMILES string of the molecule is CN=C(NCCNC(=O)C(C)(C)C)NCC(C)Oc1cccc(OC)c1. The van der Waals surface area contributed by atoms with Gasteiger partial charge in [0.15, 0.2) is 5.96 Å². The van der Waals surface area contributed by atoms with E-state index in [-0.39, 0.29) is 17.4 Å². The minimum absolute atomic E-state index is 0.0301. The molecule has 1 rings (SSSR count). The van der Waals surface area contributed by atoms with Gasteiger partial charge in [-0.2, -0.15) is 0 Å². The first-order chi connectivity index (χ1) is 12.3. The molecular weight excluding hydrogens is 332 g/mol. The van der Waals surface area contributed by atoms with E-state index in [0.717, 1.165) is 11.5 Å². The van der Waals surface area contributed by atoms with Crippen LogP contribution < -0.4 is 25.4 Å². The maximum Gasteiger partial charge on any atom is 0.225 e.